The van der Waals surface area contributed by atoms with Crippen LogP contribution in [-0.2, 0) is 23.9 Å². The van der Waals surface area contributed by atoms with Crippen molar-refractivity contribution in [1.29, 1.82) is 0 Å². The summed E-state index contributed by atoms with van der Waals surface area (Å²) in [5, 5.41) is 4.19. The number of nitrogens with one attached hydrogen (secondary N) is 2. The zero-order valence-electron chi connectivity index (χ0n) is 14.1. The summed E-state index contributed by atoms with van der Waals surface area (Å²) in [6.45, 7) is 1.25. The van der Waals surface area contributed by atoms with Crippen LogP contribution < -0.4 is 10.6 Å². The molecule has 1 aliphatic carbocycles. The van der Waals surface area contributed by atoms with Crippen molar-refractivity contribution in [2.75, 3.05) is 13.6 Å². The first kappa shape index (κ1) is 18.6. The fourth-order valence-corrected chi connectivity index (χ4v) is 2.88. The standard InChI is InChI=1S/C16H21N3O6/c1-9(13(21)18-16(24)17-2)25-12(20)7-8-19-14(22)10-5-3-4-6-11(10)15(19)23/h3-4,9-11H,5-8H2,1-2H3,(H2,17,18,21,24)/t9-,10-,11-/m0/s1. The topological polar surface area (TPSA) is 122 Å². The first-order valence-corrected chi connectivity index (χ1v) is 8.07. The van der Waals surface area contributed by atoms with Gasteiger partial charge in [-0.1, -0.05) is 12.2 Å². The Morgan fingerprint density at radius 2 is 1.76 bits per heavy atom. The van der Waals surface area contributed by atoms with Crippen molar-refractivity contribution in [2.45, 2.75) is 32.3 Å². The summed E-state index contributed by atoms with van der Waals surface area (Å²) in [6, 6.07) is -0.711. The van der Waals surface area contributed by atoms with Crippen LogP contribution in [0.1, 0.15) is 26.2 Å². The van der Waals surface area contributed by atoms with E-state index in [-0.39, 0.29) is 36.6 Å². The quantitative estimate of drug-likeness (QED) is 0.399. The Hall–Kier alpha value is -2.71. The van der Waals surface area contributed by atoms with Crippen LogP contribution in [0, 0.1) is 11.8 Å². The smallest absolute Gasteiger partial charge is 0.321 e. The van der Waals surface area contributed by atoms with E-state index < -0.39 is 24.0 Å². The summed E-state index contributed by atoms with van der Waals surface area (Å²) in [4.78, 5) is 60.1. The fraction of sp³-hybridized carbons (Fsp3) is 0.562. The maximum atomic E-state index is 12.3. The van der Waals surface area contributed by atoms with E-state index in [1.807, 2.05) is 17.5 Å². The van der Waals surface area contributed by atoms with Gasteiger partial charge in [0.15, 0.2) is 6.10 Å². The molecule has 136 valence electrons. The lowest BCUT2D eigenvalue weighted by atomic mass is 9.85. The van der Waals surface area contributed by atoms with Crippen LogP contribution in [0.4, 0.5) is 4.79 Å². The van der Waals surface area contributed by atoms with Crippen LogP contribution >= 0.6 is 0 Å². The Morgan fingerprint density at radius 1 is 1.20 bits per heavy atom. The Morgan fingerprint density at radius 3 is 2.28 bits per heavy atom. The van der Waals surface area contributed by atoms with E-state index in [0.29, 0.717) is 12.8 Å². The number of allylic oxidation sites excluding steroid dienone is 2. The van der Waals surface area contributed by atoms with Crippen molar-refractivity contribution < 1.29 is 28.7 Å². The molecule has 1 aliphatic heterocycles. The molecule has 0 unspecified atom stereocenters. The molecule has 0 aromatic carbocycles. The molecule has 0 saturated carbocycles. The number of imide groups is 2. The van der Waals surface area contributed by atoms with Crippen molar-refractivity contribution in [3.8, 4) is 0 Å². The zero-order valence-corrected chi connectivity index (χ0v) is 14.1. The van der Waals surface area contributed by atoms with E-state index in [4.69, 9.17) is 4.74 Å². The molecule has 0 bridgehead atoms. The first-order chi connectivity index (χ1) is 11.8. The van der Waals surface area contributed by atoms with Crippen molar-refractivity contribution >= 4 is 29.7 Å². The van der Waals surface area contributed by atoms with Gasteiger partial charge in [0.25, 0.3) is 5.91 Å². The second kappa shape index (κ2) is 7.91. The molecule has 1 heterocycles. The van der Waals surface area contributed by atoms with Crippen LogP contribution in [0.25, 0.3) is 0 Å². The second-order valence-electron chi connectivity index (χ2n) is 5.93. The Kier molecular flexibility index (Phi) is 5.89. The number of ether oxygens (including phenoxy) is 1. The summed E-state index contributed by atoms with van der Waals surface area (Å²) in [5.74, 6) is -2.71. The molecule has 2 aliphatic rings. The highest BCUT2D eigenvalue weighted by molar-refractivity contribution is 6.05. The number of amides is 5. The molecule has 0 radical (unpaired) electrons. The summed E-state index contributed by atoms with van der Waals surface area (Å²) in [6.07, 6.45) is 3.47. The fourth-order valence-electron chi connectivity index (χ4n) is 2.88. The summed E-state index contributed by atoms with van der Waals surface area (Å²) < 4.78 is 4.91. The molecule has 0 aromatic rings. The predicted octanol–water partition coefficient (Wildman–Crippen LogP) is -0.285. The number of hydrogen-bond acceptors (Lipinski definition) is 6. The lowest BCUT2D eigenvalue weighted by Gasteiger charge is -2.16. The van der Waals surface area contributed by atoms with E-state index in [9.17, 15) is 24.0 Å². The van der Waals surface area contributed by atoms with Gasteiger partial charge in [-0.25, -0.2) is 4.79 Å². The largest absolute Gasteiger partial charge is 0.452 e. The number of esters is 1. The minimum absolute atomic E-state index is 0.0761. The molecule has 1 fully saturated rings. The average molecular weight is 351 g/mol. The number of nitrogens with zero attached hydrogens (tertiary/aromatic N) is 1. The Balaban J connectivity index is 1.82. The van der Waals surface area contributed by atoms with Crippen LogP contribution in [0.2, 0.25) is 0 Å². The molecule has 2 N–H and O–H groups in total. The third-order valence-corrected chi connectivity index (χ3v) is 4.28. The van der Waals surface area contributed by atoms with Gasteiger partial charge in [0, 0.05) is 13.6 Å². The van der Waals surface area contributed by atoms with E-state index in [0.717, 1.165) is 4.90 Å². The minimum atomic E-state index is -1.17. The van der Waals surface area contributed by atoms with E-state index >= 15 is 0 Å². The lowest BCUT2D eigenvalue weighted by molar-refractivity contribution is -0.155. The van der Waals surface area contributed by atoms with Crippen LogP contribution in [0.5, 0.6) is 0 Å². The molecule has 25 heavy (non-hydrogen) atoms. The Bertz CT molecular complexity index is 603. The molecule has 9 nitrogen and oxygen atoms in total. The number of hydrogen-bond donors (Lipinski definition) is 2. The zero-order chi connectivity index (χ0) is 18.6. The highest BCUT2D eigenvalue weighted by atomic mass is 16.5. The van der Waals surface area contributed by atoms with Crippen LogP contribution in [0.3, 0.4) is 0 Å². The van der Waals surface area contributed by atoms with Crippen molar-refractivity contribution in [1.82, 2.24) is 15.5 Å². The van der Waals surface area contributed by atoms with Gasteiger partial charge in [-0.05, 0) is 19.8 Å². The molecular weight excluding hydrogens is 330 g/mol. The lowest BCUT2D eigenvalue weighted by Crippen LogP contribution is -2.43. The highest BCUT2D eigenvalue weighted by Gasteiger charge is 2.47. The van der Waals surface area contributed by atoms with Gasteiger partial charge in [-0.3, -0.25) is 29.4 Å². The van der Waals surface area contributed by atoms with Gasteiger partial charge in [0.1, 0.15) is 0 Å². The van der Waals surface area contributed by atoms with E-state index in [1.165, 1.54) is 14.0 Å². The van der Waals surface area contributed by atoms with Crippen molar-refractivity contribution in [2.24, 2.45) is 11.8 Å². The second-order valence-corrected chi connectivity index (χ2v) is 5.93. The summed E-state index contributed by atoms with van der Waals surface area (Å²) >= 11 is 0. The Labute approximate surface area is 144 Å². The average Bonchev–Trinajstić information content (AvgIpc) is 2.84. The van der Waals surface area contributed by atoms with E-state index in [2.05, 4.69) is 5.32 Å². The SMILES string of the molecule is CNC(=O)NC(=O)[C@H](C)OC(=O)CCN1C(=O)[C@H]2CC=CC[C@@H]2C1=O. The molecule has 9 heteroatoms. The number of fused-ring (bicyclic) bond motifs is 1. The van der Waals surface area contributed by atoms with Crippen molar-refractivity contribution in [3.05, 3.63) is 12.2 Å². The number of urea groups is 1. The molecule has 0 aromatic heterocycles. The molecule has 3 atom stereocenters. The first-order valence-electron chi connectivity index (χ1n) is 8.07. The van der Waals surface area contributed by atoms with Gasteiger partial charge in [0.05, 0.1) is 18.3 Å². The van der Waals surface area contributed by atoms with Crippen LogP contribution in [0.15, 0.2) is 12.2 Å². The van der Waals surface area contributed by atoms with Gasteiger partial charge in [-0.15, -0.1) is 0 Å². The number of likely N-dealkylation sites (tertiary alicyclic amines) is 1. The van der Waals surface area contributed by atoms with Gasteiger partial charge >= 0.3 is 12.0 Å². The number of carbonyl (C=O) groups is 5. The normalized spacial score (nSPS) is 23.0. The predicted molar refractivity (Wildman–Crippen MR) is 84.8 cm³/mol. The number of carbonyl (C=O) groups excluding carboxylic acids is 5. The third-order valence-electron chi connectivity index (χ3n) is 4.28. The third kappa shape index (κ3) is 4.23. The summed E-state index contributed by atoms with van der Waals surface area (Å²) in [7, 11) is 1.34. The molecular formula is C16H21N3O6. The maximum Gasteiger partial charge on any atom is 0.321 e. The van der Waals surface area contributed by atoms with Gasteiger partial charge in [-0.2, -0.15) is 0 Å². The summed E-state index contributed by atoms with van der Waals surface area (Å²) in [5.41, 5.74) is 0. The van der Waals surface area contributed by atoms with Crippen LogP contribution in [-0.4, -0.2) is 54.3 Å². The molecule has 5 amide bonds. The monoisotopic (exact) mass is 351 g/mol. The number of rotatable bonds is 5. The molecule has 2 rings (SSSR count). The molecule has 1 saturated heterocycles. The van der Waals surface area contributed by atoms with Gasteiger partial charge < -0.3 is 10.1 Å². The highest BCUT2D eigenvalue weighted by Crippen LogP contribution is 2.34. The maximum absolute atomic E-state index is 12.3. The van der Waals surface area contributed by atoms with Gasteiger partial charge in [0.2, 0.25) is 11.8 Å². The van der Waals surface area contributed by atoms with E-state index in [1.54, 1.807) is 0 Å². The minimum Gasteiger partial charge on any atom is -0.452 e. The molecule has 0 spiro atoms. The van der Waals surface area contributed by atoms with Crippen molar-refractivity contribution in [3.63, 3.8) is 0 Å².